The van der Waals surface area contributed by atoms with Crippen LogP contribution in [0.15, 0.2) is 42.5 Å². The lowest BCUT2D eigenvalue weighted by Gasteiger charge is -2.09. The van der Waals surface area contributed by atoms with Gasteiger partial charge in [0.25, 0.3) is 0 Å². The summed E-state index contributed by atoms with van der Waals surface area (Å²) in [5, 5.41) is 9.30. The molecule has 0 spiro atoms. The molecule has 0 bridgehead atoms. The van der Waals surface area contributed by atoms with Crippen molar-refractivity contribution in [1.29, 1.82) is 0 Å². The number of aliphatic hydroxyl groups excluding tert-OH is 1. The van der Waals surface area contributed by atoms with Gasteiger partial charge >= 0.3 is 0 Å². The van der Waals surface area contributed by atoms with Gasteiger partial charge in [0.15, 0.2) is 0 Å². The normalized spacial score (nSPS) is 9.75. The van der Waals surface area contributed by atoms with Crippen LogP contribution in [-0.2, 0) is 6.61 Å². The number of hydrogen-bond donors (Lipinski definition) is 1. The molecule has 0 aliphatic heterocycles. The zero-order valence-corrected chi connectivity index (χ0v) is 11.3. The van der Waals surface area contributed by atoms with Crippen LogP contribution in [0.4, 0.5) is 4.39 Å². The van der Waals surface area contributed by atoms with Gasteiger partial charge in [0.05, 0.1) is 5.56 Å². The zero-order valence-electron chi connectivity index (χ0n) is 10.6. The van der Waals surface area contributed by atoms with Crippen LogP contribution >= 0.6 is 11.6 Å². The summed E-state index contributed by atoms with van der Waals surface area (Å²) in [4.78, 5) is 0. The van der Waals surface area contributed by atoms with Crippen LogP contribution in [0.25, 0.3) is 0 Å². The maximum Gasteiger partial charge on any atom is 0.138 e. The molecule has 1 N–H and O–H groups in total. The standard InChI is InChI=1S/C16H12ClFO2/c17-15-6-2-1-4-13(15)11-20-16-10-14(18)8-7-12(16)5-3-9-19/h1-2,4,6-8,10,19H,9,11H2. The molecule has 0 saturated heterocycles. The van der Waals surface area contributed by atoms with Gasteiger partial charge in [-0.15, -0.1) is 0 Å². The molecule has 0 atom stereocenters. The van der Waals surface area contributed by atoms with Crippen LogP contribution in [0.1, 0.15) is 11.1 Å². The van der Waals surface area contributed by atoms with Crippen LogP contribution in [0.3, 0.4) is 0 Å². The molecule has 0 fully saturated rings. The first-order valence-electron chi connectivity index (χ1n) is 5.96. The molecule has 0 aliphatic rings. The summed E-state index contributed by atoms with van der Waals surface area (Å²) in [6.45, 7) is -0.0434. The summed E-state index contributed by atoms with van der Waals surface area (Å²) >= 11 is 6.03. The first-order valence-corrected chi connectivity index (χ1v) is 6.34. The van der Waals surface area contributed by atoms with E-state index in [4.69, 9.17) is 21.4 Å². The molecule has 0 unspecified atom stereocenters. The molecule has 2 aromatic carbocycles. The molecule has 0 aromatic heterocycles. The lowest BCUT2D eigenvalue weighted by molar-refractivity contribution is 0.304. The van der Waals surface area contributed by atoms with Crippen molar-refractivity contribution in [1.82, 2.24) is 0 Å². The third-order valence-electron chi connectivity index (χ3n) is 2.59. The van der Waals surface area contributed by atoms with Gasteiger partial charge in [0.1, 0.15) is 24.8 Å². The van der Waals surface area contributed by atoms with Crippen molar-refractivity contribution in [3.8, 4) is 17.6 Å². The van der Waals surface area contributed by atoms with Crippen molar-refractivity contribution >= 4 is 11.6 Å². The predicted molar refractivity (Wildman–Crippen MR) is 76.1 cm³/mol. The Balaban J connectivity index is 2.20. The minimum absolute atomic E-state index is 0.219. The zero-order chi connectivity index (χ0) is 14.4. The van der Waals surface area contributed by atoms with Gasteiger partial charge in [-0.1, -0.05) is 41.6 Å². The SMILES string of the molecule is OCC#Cc1ccc(F)cc1OCc1ccccc1Cl. The van der Waals surface area contributed by atoms with Crippen molar-refractivity contribution in [2.75, 3.05) is 6.61 Å². The quantitative estimate of drug-likeness (QED) is 0.878. The van der Waals surface area contributed by atoms with Crippen LogP contribution in [0.2, 0.25) is 5.02 Å². The van der Waals surface area contributed by atoms with E-state index in [-0.39, 0.29) is 13.2 Å². The minimum atomic E-state index is -0.409. The molecule has 0 heterocycles. The molecular weight excluding hydrogens is 279 g/mol. The fourth-order valence-electron chi connectivity index (χ4n) is 1.62. The highest BCUT2D eigenvalue weighted by atomic mass is 35.5. The van der Waals surface area contributed by atoms with Crippen LogP contribution in [0, 0.1) is 17.7 Å². The second kappa shape index (κ2) is 6.95. The number of hydrogen-bond acceptors (Lipinski definition) is 2. The molecule has 4 heteroatoms. The second-order valence-corrected chi connectivity index (χ2v) is 4.39. The molecule has 20 heavy (non-hydrogen) atoms. The van der Waals surface area contributed by atoms with E-state index in [1.807, 2.05) is 18.2 Å². The van der Waals surface area contributed by atoms with E-state index in [9.17, 15) is 4.39 Å². The van der Waals surface area contributed by atoms with E-state index in [0.717, 1.165) is 5.56 Å². The number of ether oxygens (including phenoxy) is 1. The Morgan fingerprint density at radius 2 is 2.00 bits per heavy atom. The Morgan fingerprint density at radius 1 is 1.20 bits per heavy atom. The lowest BCUT2D eigenvalue weighted by Crippen LogP contribution is -1.98. The maximum atomic E-state index is 13.3. The number of aliphatic hydroxyl groups is 1. The lowest BCUT2D eigenvalue weighted by atomic mass is 10.2. The monoisotopic (exact) mass is 290 g/mol. The van der Waals surface area contributed by atoms with Gasteiger partial charge < -0.3 is 9.84 Å². The van der Waals surface area contributed by atoms with Crippen molar-refractivity contribution in [3.63, 3.8) is 0 Å². The van der Waals surface area contributed by atoms with Gasteiger partial charge in [-0.25, -0.2) is 4.39 Å². The number of benzene rings is 2. The van der Waals surface area contributed by atoms with Gasteiger partial charge in [-0.05, 0) is 18.2 Å². The molecule has 0 aliphatic carbocycles. The van der Waals surface area contributed by atoms with Crippen LogP contribution in [0.5, 0.6) is 5.75 Å². The Kier molecular flexibility index (Phi) is 5.00. The molecule has 0 radical (unpaired) electrons. The molecule has 0 amide bonds. The Hall–Kier alpha value is -2.02. The molecule has 2 rings (SSSR count). The van der Waals surface area contributed by atoms with Crippen molar-refractivity contribution in [3.05, 3.63) is 64.4 Å². The number of rotatable bonds is 3. The average molecular weight is 291 g/mol. The molecule has 2 aromatic rings. The van der Waals surface area contributed by atoms with E-state index >= 15 is 0 Å². The maximum absolute atomic E-state index is 13.3. The molecule has 102 valence electrons. The summed E-state index contributed by atoms with van der Waals surface area (Å²) in [6, 6.07) is 11.3. The van der Waals surface area contributed by atoms with Gasteiger partial charge in [-0.2, -0.15) is 0 Å². The first kappa shape index (κ1) is 14.4. The molecular formula is C16H12ClFO2. The highest BCUT2D eigenvalue weighted by Gasteiger charge is 2.05. The Labute approximate surface area is 121 Å². The largest absolute Gasteiger partial charge is 0.487 e. The summed E-state index contributed by atoms with van der Waals surface area (Å²) < 4.78 is 18.8. The Bertz CT molecular complexity index is 659. The summed E-state index contributed by atoms with van der Waals surface area (Å²) in [7, 11) is 0. The van der Waals surface area contributed by atoms with Gasteiger partial charge in [-0.3, -0.25) is 0 Å². The van der Waals surface area contributed by atoms with E-state index < -0.39 is 5.82 Å². The highest BCUT2D eigenvalue weighted by molar-refractivity contribution is 6.31. The van der Waals surface area contributed by atoms with Crippen molar-refractivity contribution in [2.24, 2.45) is 0 Å². The average Bonchev–Trinajstić information content (AvgIpc) is 2.45. The summed E-state index contributed by atoms with van der Waals surface area (Å²) in [6.07, 6.45) is 0. The summed E-state index contributed by atoms with van der Waals surface area (Å²) in [5.41, 5.74) is 1.33. The minimum Gasteiger partial charge on any atom is -0.487 e. The van der Waals surface area contributed by atoms with Gasteiger partial charge in [0.2, 0.25) is 0 Å². The van der Waals surface area contributed by atoms with Crippen LogP contribution < -0.4 is 4.74 Å². The fraction of sp³-hybridized carbons (Fsp3) is 0.125. The molecule has 0 saturated carbocycles. The third-order valence-corrected chi connectivity index (χ3v) is 2.96. The second-order valence-electron chi connectivity index (χ2n) is 3.98. The highest BCUT2D eigenvalue weighted by Crippen LogP contribution is 2.22. The Morgan fingerprint density at radius 3 is 2.75 bits per heavy atom. The van der Waals surface area contributed by atoms with Gasteiger partial charge in [0, 0.05) is 16.7 Å². The predicted octanol–water partition coefficient (Wildman–Crippen LogP) is 3.40. The van der Waals surface area contributed by atoms with Crippen molar-refractivity contribution in [2.45, 2.75) is 6.61 Å². The van der Waals surface area contributed by atoms with Crippen LogP contribution in [-0.4, -0.2) is 11.7 Å². The number of halogens is 2. The molecule has 2 nitrogen and oxygen atoms in total. The van der Waals surface area contributed by atoms with E-state index in [2.05, 4.69) is 11.8 Å². The fourth-order valence-corrected chi connectivity index (χ4v) is 1.81. The topological polar surface area (TPSA) is 29.5 Å². The van der Waals surface area contributed by atoms with Crippen molar-refractivity contribution < 1.29 is 14.2 Å². The third kappa shape index (κ3) is 3.74. The smallest absolute Gasteiger partial charge is 0.138 e. The first-order chi connectivity index (χ1) is 9.70. The summed E-state index contributed by atoms with van der Waals surface area (Å²) in [5.74, 6) is 5.14. The van der Waals surface area contributed by atoms with E-state index in [1.165, 1.54) is 18.2 Å². The van der Waals surface area contributed by atoms with E-state index in [0.29, 0.717) is 16.3 Å². The van der Waals surface area contributed by atoms with E-state index in [1.54, 1.807) is 6.07 Å².